The van der Waals surface area contributed by atoms with Gasteiger partial charge in [0.1, 0.15) is 11.4 Å². The van der Waals surface area contributed by atoms with Crippen molar-refractivity contribution in [3.63, 3.8) is 0 Å². The van der Waals surface area contributed by atoms with Crippen molar-refractivity contribution in [1.82, 2.24) is 0 Å². The summed E-state index contributed by atoms with van der Waals surface area (Å²) in [6.45, 7) is 7.86. The molecule has 1 amide bonds. The molecule has 0 radical (unpaired) electrons. The van der Waals surface area contributed by atoms with Crippen molar-refractivity contribution in [2.75, 3.05) is 26.1 Å². The van der Waals surface area contributed by atoms with Gasteiger partial charge in [-0.3, -0.25) is 4.79 Å². The van der Waals surface area contributed by atoms with E-state index in [0.29, 0.717) is 23.1 Å². The van der Waals surface area contributed by atoms with E-state index < -0.39 is 5.60 Å². The Morgan fingerprint density at radius 2 is 1.83 bits per heavy atom. The minimum atomic E-state index is -0.909. The summed E-state index contributed by atoms with van der Waals surface area (Å²) in [6, 6.07) is 5.13. The van der Waals surface area contributed by atoms with Gasteiger partial charge in [0.2, 0.25) is 0 Å². The number of carbonyl (C=O) groups excluding carboxylic acids is 1. The van der Waals surface area contributed by atoms with E-state index in [1.54, 1.807) is 39.2 Å². The Balaban J connectivity index is 2.66. The lowest BCUT2D eigenvalue weighted by molar-refractivity contribution is -0.133. The minimum absolute atomic E-state index is 0.244. The Kier molecular flexibility index (Phi) is 6.86. The SMILES string of the molecule is COC(C)(C)CCOc1ccc(NC(=O)C(C)(C)OC)cc1Cl. The largest absolute Gasteiger partial charge is 0.492 e. The summed E-state index contributed by atoms with van der Waals surface area (Å²) in [5.41, 5.74) is -0.561. The van der Waals surface area contributed by atoms with Gasteiger partial charge < -0.3 is 19.5 Å². The van der Waals surface area contributed by atoms with Crippen molar-refractivity contribution >= 4 is 23.2 Å². The summed E-state index contributed by atoms with van der Waals surface area (Å²) in [5, 5.41) is 3.20. The van der Waals surface area contributed by atoms with E-state index in [1.807, 2.05) is 13.8 Å². The fraction of sp³-hybridized carbons (Fsp3) is 0.588. The van der Waals surface area contributed by atoms with Crippen LogP contribution in [0.1, 0.15) is 34.1 Å². The summed E-state index contributed by atoms with van der Waals surface area (Å²) in [7, 11) is 3.16. The molecule has 0 spiro atoms. The first kappa shape index (κ1) is 19.7. The van der Waals surface area contributed by atoms with E-state index in [2.05, 4.69) is 5.32 Å². The van der Waals surface area contributed by atoms with Crippen LogP contribution in [0.25, 0.3) is 0 Å². The molecule has 1 rings (SSSR count). The van der Waals surface area contributed by atoms with Crippen molar-refractivity contribution in [2.45, 2.75) is 45.3 Å². The predicted octanol–water partition coefficient (Wildman–Crippen LogP) is 3.90. The molecule has 1 aromatic carbocycles. The smallest absolute Gasteiger partial charge is 0.256 e. The van der Waals surface area contributed by atoms with Gasteiger partial charge in [0, 0.05) is 26.3 Å². The molecule has 1 N–H and O–H groups in total. The van der Waals surface area contributed by atoms with Crippen LogP contribution in [0.15, 0.2) is 18.2 Å². The Hall–Kier alpha value is -1.30. The number of ether oxygens (including phenoxy) is 3. The highest BCUT2D eigenvalue weighted by Crippen LogP contribution is 2.29. The van der Waals surface area contributed by atoms with E-state index in [0.717, 1.165) is 6.42 Å². The number of amides is 1. The molecule has 0 unspecified atom stereocenters. The van der Waals surface area contributed by atoms with Gasteiger partial charge in [0.15, 0.2) is 0 Å². The topological polar surface area (TPSA) is 56.8 Å². The number of halogens is 1. The first-order chi connectivity index (χ1) is 10.6. The highest BCUT2D eigenvalue weighted by atomic mass is 35.5. The van der Waals surface area contributed by atoms with E-state index in [4.69, 9.17) is 25.8 Å². The van der Waals surface area contributed by atoms with E-state index in [-0.39, 0.29) is 11.5 Å². The van der Waals surface area contributed by atoms with Crippen LogP contribution in [-0.2, 0) is 14.3 Å². The molecule has 6 heteroatoms. The number of methoxy groups -OCH3 is 2. The molecule has 0 aromatic heterocycles. The maximum atomic E-state index is 12.1. The molecule has 1 aromatic rings. The zero-order valence-electron chi connectivity index (χ0n) is 14.7. The second kappa shape index (κ2) is 7.99. The molecule has 0 atom stereocenters. The van der Waals surface area contributed by atoms with E-state index >= 15 is 0 Å². The van der Waals surface area contributed by atoms with E-state index in [1.165, 1.54) is 7.11 Å². The van der Waals surface area contributed by atoms with Crippen molar-refractivity contribution in [2.24, 2.45) is 0 Å². The number of nitrogens with one attached hydrogen (secondary N) is 1. The number of carbonyl (C=O) groups is 1. The second-order valence-corrected chi connectivity index (χ2v) is 6.78. The van der Waals surface area contributed by atoms with Crippen LogP contribution in [0, 0.1) is 0 Å². The standard InChI is InChI=1S/C17H26ClNO4/c1-16(2,21-5)9-10-23-14-8-7-12(11-13(14)18)19-15(20)17(3,4)22-6/h7-8,11H,9-10H2,1-6H3,(H,19,20). The van der Waals surface area contributed by atoms with Crippen LogP contribution in [-0.4, -0.2) is 37.9 Å². The van der Waals surface area contributed by atoms with Crippen LogP contribution in [0.4, 0.5) is 5.69 Å². The first-order valence-corrected chi connectivity index (χ1v) is 7.83. The van der Waals surface area contributed by atoms with Gasteiger partial charge in [0.25, 0.3) is 5.91 Å². The zero-order valence-corrected chi connectivity index (χ0v) is 15.4. The summed E-state index contributed by atoms with van der Waals surface area (Å²) >= 11 is 6.21. The van der Waals surface area contributed by atoms with Gasteiger partial charge in [-0.2, -0.15) is 0 Å². The molecule has 0 bridgehead atoms. The maximum Gasteiger partial charge on any atom is 0.256 e. The molecule has 0 aliphatic heterocycles. The molecule has 5 nitrogen and oxygen atoms in total. The van der Waals surface area contributed by atoms with Crippen LogP contribution in [0.2, 0.25) is 5.02 Å². The predicted molar refractivity (Wildman–Crippen MR) is 92.4 cm³/mol. The summed E-state index contributed by atoms with van der Waals surface area (Å²) in [5.74, 6) is 0.328. The molecule has 130 valence electrons. The third kappa shape index (κ3) is 6.01. The second-order valence-electron chi connectivity index (χ2n) is 6.38. The third-order valence-electron chi connectivity index (χ3n) is 3.76. The minimum Gasteiger partial charge on any atom is -0.492 e. The zero-order chi connectivity index (χ0) is 17.7. The lowest BCUT2D eigenvalue weighted by Crippen LogP contribution is -2.38. The number of anilines is 1. The molecule has 0 aliphatic carbocycles. The fourth-order valence-corrected chi connectivity index (χ4v) is 1.81. The average molecular weight is 344 g/mol. The Labute approximate surface area is 143 Å². The molecule has 0 saturated carbocycles. The maximum absolute atomic E-state index is 12.1. The van der Waals surface area contributed by atoms with Gasteiger partial charge in [0.05, 0.1) is 17.2 Å². The van der Waals surface area contributed by atoms with Crippen LogP contribution < -0.4 is 10.1 Å². The third-order valence-corrected chi connectivity index (χ3v) is 4.06. The van der Waals surface area contributed by atoms with E-state index in [9.17, 15) is 4.79 Å². The van der Waals surface area contributed by atoms with Crippen molar-refractivity contribution in [3.8, 4) is 5.75 Å². The van der Waals surface area contributed by atoms with Gasteiger partial charge in [-0.05, 0) is 45.9 Å². The lowest BCUT2D eigenvalue weighted by atomic mass is 10.1. The van der Waals surface area contributed by atoms with Gasteiger partial charge in [-0.25, -0.2) is 0 Å². The summed E-state index contributed by atoms with van der Waals surface area (Å²) in [6.07, 6.45) is 0.736. The van der Waals surface area contributed by atoms with Crippen molar-refractivity contribution in [3.05, 3.63) is 23.2 Å². The quantitative estimate of drug-likeness (QED) is 0.777. The molecule has 0 heterocycles. The lowest BCUT2D eigenvalue weighted by Gasteiger charge is -2.23. The highest BCUT2D eigenvalue weighted by molar-refractivity contribution is 6.32. The highest BCUT2D eigenvalue weighted by Gasteiger charge is 2.27. The van der Waals surface area contributed by atoms with Crippen LogP contribution in [0.3, 0.4) is 0 Å². The molecular weight excluding hydrogens is 318 g/mol. The van der Waals surface area contributed by atoms with Crippen molar-refractivity contribution in [1.29, 1.82) is 0 Å². The Morgan fingerprint density at radius 1 is 1.17 bits per heavy atom. The number of benzene rings is 1. The van der Waals surface area contributed by atoms with Crippen LogP contribution in [0.5, 0.6) is 5.75 Å². The number of hydrogen-bond acceptors (Lipinski definition) is 4. The van der Waals surface area contributed by atoms with Gasteiger partial charge in [-0.1, -0.05) is 11.6 Å². The van der Waals surface area contributed by atoms with Crippen molar-refractivity contribution < 1.29 is 19.0 Å². The first-order valence-electron chi connectivity index (χ1n) is 7.45. The Morgan fingerprint density at radius 3 is 2.35 bits per heavy atom. The molecule has 0 fully saturated rings. The van der Waals surface area contributed by atoms with Crippen LogP contribution >= 0.6 is 11.6 Å². The Bertz CT molecular complexity index is 543. The normalized spacial score (nSPS) is 12.1. The molecular formula is C17H26ClNO4. The number of rotatable bonds is 8. The molecule has 23 heavy (non-hydrogen) atoms. The number of hydrogen-bond donors (Lipinski definition) is 1. The summed E-state index contributed by atoms with van der Waals surface area (Å²) in [4.78, 5) is 12.1. The van der Waals surface area contributed by atoms with Gasteiger partial charge in [-0.15, -0.1) is 0 Å². The van der Waals surface area contributed by atoms with Gasteiger partial charge >= 0.3 is 0 Å². The average Bonchev–Trinajstić information content (AvgIpc) is 2.49. The molecule has 0 aliphatic rings. The molecule has 0 saturated heterocycles. The monoisotopic (exact) mass is 343 g/mol. The summed E-state index contributed by atoms with van der Waals surface area (Å²) < 4.78 is 16.2. The fourth-order valence-electron chi connectivity index (χ4n) is 1.58.